The Morgan fingerprint density at radius 1 is 0.941 bits per heavy atom. The highest BCUT2D eigenvalue weighted by Gasteiger charge is 2.36. The van der Waals surface area contributed by atoms with Crippen molar-refractivity contribution in [2.75, 3.05) is 24.9 Å². The number of para-hydroxylation sites is 2. The monoisotopic (exact) mass is 520 g/mol. The number of ether oxygens (including phenoxy) is 2. The number of halogens is 1. The van der Waals surface area contributed by atoms with Crippen molar-refractivity contribution in [1.29, 1.82) is 0 Å². The first-order valence-electron chi connectivity index (χ1n) is 11.1. The van der Waals surface area contributed by atoms with E-state index in [0.717, 1.165) is 33.9 Å². The number of phenolic OH excluding ortho intramolecular Hbond substituents is 1. The molecule has 3 aromatic carbocycles. The number of hydrogen-bond acceptors (Lipinski definition) is 6. The van der Waals surface area contributed by atoms with Crippen LogP contribution in [0.4, 0.5) is 11.4 Å². The van der Waals surface area contributed by atoms with Crippen LogP contribution in [-0.4, -0.2) is 25.1 Å². The molecule has 1 aliphatic heterocycles. The van der Waals surface area contributed by atoms with E-state index in [4.69, 9.17) is 9.47 Å². The molecule has 3 aromatic rings. The number of phenols is 1. The van der Waals surface area contributed by atoms with E-state index >= 15 is 0 Å². The van der Waals surface area contributed by atoms with Crippen molar-refractivity contribution in [2.45, 2.75) is 24.8 Å². The van der Waals surface area contributed by atoms with Gasteiger partial charge in [-0.05, 0) is 75.8 Å². The van der Waals surface area contributed by atoms with Crippen molar-refractivity contribution in [3.8, 4) is 17.2 Å². The Morgan fingerprint density at radius 3 is 2.38 bits per heavy atom. The van der Waals surface area contributed by atoms with Gasteiger partial charge in [0.05, 0.1) is 36.1 Å². The van der Waals surface area contributed by atoms with Crippen molar-refractivity contribution < 1.29 is 19.4 Å². The molecule has 0 fully saturated rings. The fraction of sp³-hybridized carbons (Fsp3) is 0.222. The number of methoxy groups -OCH3 is 2. The zero-order chi connectivity index (χ0) is 23.8. The number of carbonyl (C=O) groups excluding carboxylic acids is 1. The molecular weight excluding hydrogens is 496 g/mol. The summed E-state index contributed by atoms with van der Waals surface area (Å²) >= 11 is 3.43. The number of carbonyl (C=O) groups is 1. The topological polar surface area (TPSA) is 79.8 Å². The highest BCUT2D eigenvalue weighted by atomic mass is 79.9. The van der Waals surface area contributed by atoms with Crippen LogP contribution in [0.25, 0.3) is 0 Å². The van der Waals surface area contributed by atoms with E-state index in [-0.39, 0.29) is 17.5 Å². The summed E-state index contributed by atoms with van der Waals surface area (Å²) in [6, 6.07) is 19.1. The quantitative estimate of drug-likeness (QED) is 0.382. The molecule has 0 radical (unpaired) electrons. The molecule has 0 spiro atoms. The molecule has 0 aromatic heterocycles. The number of aromatic hydroxyl groups is 1. The SMILES string of the molecule is COc1ccc([C@H]2CC(=O)C3=C(C2)Nc2ccccc2N[C@H]3c2cc(Br)c(O)c(OC)c2)cc1. The lowest BCUT2D eigenvalue weighted by atomic mass is 9.78. The summed E-state index contributed by atoms with van der Waals surface area (Å²) in [5, 5.41) is 17.4. The van der Waals surface area contributed by atoms with Crippen molar-refractivity contribution in [3.05, 3.63) is 87.5 Å². The Balaban J connectivity index is 1.61. The third-order valence-corrected chi connectivity index (χ3v) is 7.10. The van der Waals surface area contributed by atoms with E-state index in [2.05, 4.69) is 26.6 Å². The summed E-state index contributed by atoms with van der Waals surface area (Å²) < 4.78 is 11.2. The Kier molecular flexibility index (Phi) is 5.96. The number of allylic oxidation sites excluding steroid dienone is 1. The van der Waals surface area contributed by atoms with Crippen molar-refractivity contribution in [2.24, 2.45) is 0 Å². The smallest absolute Gasteiger partial charge is 0.172 e. The Hall–Kier alpha value is -3.45. The minimum Gasteiger partial charge on any atom is -0.503 e. The van der Waals surface area contributed by atoms with E-state index in [1.165, 1.54) is 7.11 Å². The van der Waals surface area contributed by atoms with Gasteiger partial charge in [0.25, 0.3) is 0 Å². The van der Waals surface area contributed by atoms with Gasteiger partial charge in [-0.25, -0.2) is 0 Å². The summed E-state index contributed by atoms with van der Waals surface area (Å²) in [6.07, 6.45) is 1.12. The van der Waals surface area contributed by atoms with Crippen molar-refractivity contribution in [1.82, 2.24) is 0 Å². The third-order valence-electron chi connectivity index (χ3n) is 6.50. The third kappa shape index (κ3) is 4.01. The predicted octanol–water partition coefficient (Wildman–Crippen LogP) is 6.15. The lowest BCUT2D eigenvalue weighted by molar-refractivity contribution is -0.116. The van der Waals surface area contributed by atoms with Crippen LogP contribution in [0.5, 0.6) is 17.2 Å². The molecule has 1 aliphatic carbocycles. The molecule has 7 heteroatoms. The number of benzene rings is 3. The summed E-state index contributed by atoms with van der Waals surface area (Å²) in [4.78, 5) is 13.7. The van der Waals surface area contributed by atoms with Gasteiger partial charge in [0, 0.05) is 17.7 Å². The second kappa shape index (κ2) is 9.06. The second-order valence-electron chi connectivity index (χ2n) is 8.50. The van der Waals surface area contributed by atoms with Crippen LogP contribution in [0.2, 0.25) is 0 Å². The largest absolute Gasteiger partial charge is 0.503 e. The molecule has 3 N–H and O–H groups in total. The molecule has 0 bridgehead atoms. The lowest BCUT2D eigenvalue weighted by Gasteiger charge is -2.30. The molecule has 6 nitrogen and oxygen atoms in total. The lowest BCUT2D eigenvalue weighted by Crippen LogP contribution is -2.27. The Labute approximate surface area is 206 Å². The first-order chi connectivity index (χ1) is 16.5. The summed E-state index contributed by atoms with van der Waals surface area (Å²) in [5.41, 5.74) is 5.37. The number of ketones is 1. The van der Waals surface area contributed by atoms with E-state index < -0.39 is 6.04 Å². The summed E-state index contributed by atoms with van der Waals surface area (Å²) in [5.74, 6) is 1.32. The number of hydrogen-bond donors (Lipinski definition) is 3. The van der Waals surface area contributed by atoms with Gasteiger partial charge in [-0.1, -0.05) is 24.3 Å². The van der Waals surface area contributed by atoms with Gasteiger partial charge in [0.15, 0.2) is 17.3 Å². The highest BCUT2D eigenvalue weighted by molar-refractivity contribution is 9.10. The van der Waals surface area contributed by atoms with E-state index in [9.17, 15) is 9.90 Å². The first kappa shape index (κ1) is 22.3. The van der Waals surface area contributed by atoms with Crippen LogP contribution in [0.15, 0.2) is 76.4 Å². The standard InChI is InChI=1S/C27H25BrN2O4/c1-33-18-9-7-15(8-10-18)16-12-22-25(23(31)13-16)26(30-21-6-4-3-5-20(21)29-22)17-11-19(28)27(32)24(14-17)34-2/h3-11,14,16,26,29-30,32H,12-13H2,1-2H3/t16-,26+/m1/s1. The number of Topliss-reactive ketones (excluding diaryl/α,β-unsaturated/α-hetero) is 1. The van der Waals surface area contributed by atoms with Crippen LogP contribution >= 0.6 is 15.9 Å². The van der Waals surface area contributed by atoms with Crippen LogP contribution in [0, 0.1) is 0 Å². The van der Waals surface area contributed by atoms with E-state index in [1.54, 1.807) is 13.2 Å². The number of anilines is 2. The molecule has 0 saturated carbocycles. The van der Waals surface area contributed by atoms with Gasteiger partial charge in [0.2, 0.25) is 0 Å². The molecule has 0 saturated heterocycles. The Morgan fingerprint density at radius 2 is 1.68 bits per heavy atom. The fourth-order valence-electron chi connectivity index (χ4n) is 4.77. The zero-order valence-corrected chi connectivity index (χ0v) is 20.5. The molecule has 1 heterocycles. The predicted molar refractivity (Wildman–Crippen MR) is 136 cm³/mol. The molecule has 2 atom stereocenters. The molecule has 2 aliphatic rings. The summed E-state index contributed by atoms with van der Waals surface area (Å²) in [7, 11) is 3.16. The maximum absolute atomic E-state index is 13.7. The van der Waals surface area contributed by atoms with Crippen molar-refractivity contribution >= 4 is 33.1 Å². The molecule has 174 valence electrons. The minimum absolute atomic E-state index is 0.0298. The zero-order valence-electron chi connectivity index (χ0n) is 18.9. The van der Waals surface area contributed by atoms with Crippen LogP contribution in [0.1, 0.15) is 35.9 Å². The van der Waals surface area contributed by atoms with Gasteiger partial charge in [-0.2, -0.15) is 0 Å². The maximum Gasteiger partial charge on any atom is 0.172 e. The Bertz CT molecular complexity index is 1290. The van der Waals surface area contributed by atoms with Gasteiger partial charge >= 0.3 is 0 Å². The molecule has 5 rings (SSSR count). The molecule has 0 unspecified atom stereocenters. The number of rotatable bonds is 4. The van der Waals surface area contributed by atoms with Crippen LogP contribution in [-0.2, 0) is 4.79 Å². The van der Waals surface area contributed by atoms with E-state index in [1.807, 2.05) is 54.6 Å². The average Bonchev–Trinajstić information content (AvgIpc) is 3.02. The van der Waals surface area contributed by atoms with Gasteiger partial charge in [-0.15, -0.1) is 0 Å². The van der Waals surface area contributed by atoms with E-state index in [0.29, 0.717) is 28.6 Å². The number of nitrogens with one attached hydrogen (secondary N) is 2. The second-order valence-corrected chi connectivity index (χ2v) is 9.35. The highest BCUT2D eigenvalue weighted by Crippen LogP contribution is 2.46. The fourth-order valence-corrected chi connectivity index (χ4v) is 5.23. The minimum atomic E-state index is -0.402. The van der Waals surface area contributed by atoms with Gasteiger partial charge in [0.1, 0.15) is 5.75 Å². The number of fused-ring (bicyclic) bond motifs is 1. The molecule has 0 amide bonds. The van der Waals surface area contributed by atoms with Crippen LogP contribution < -0.4 is 20.1 Å². The summed E-state index contributed by atoms with van der Waals surface area (Å²) in [6.45, 7) is 0. The molecular formula is C27H25BrN2O4. The maximum atomic E-state index is 13.7. The van der Waals surface area contributed by atoms with Gasteiger partial charge < -0.3 is 25.2 Å². The average molecular weight is 521 g/mol. The molecule has 34 heavy (non-hydrogen) atoms. The van der Waals surface area contributed by atoms with Crippen molar-refractivity contribution in [3.63, 3.8) is 0 Å². The normalized spacial score (nSPS) is 19.3. The van der Waals surface area contributed by atoms with Crippen LogP contribution in [0.3, 0.4) is 0 Å². The first-order valence-corrected chi connectivity index (χ1v) is 11.9. The van der Waals surface area contributed by atoms with Gasteiger partial charge in [-0.3, -0.25) is 4.79 Å².